The lowest BCUT2D eigenvalue weighted by atomic mass is 10.1. The number of alkyl halides is 3. The second-order valence-electron chi connectivity index (χ2n) is 7.71. The predicted octanol–water partition coefficient (Wildman–Crippen LogP) is 3.99. The maximum Gasteiger partial charge on any atom is 0.433 e. The maximum atomic E-state index is 12.9. The number of benzene rings is 1. The van der Waals surface area contributed by atoms with E-state index in [1.54, 1.807) is 0 Å². The van der Waals surface area contributed by atoms with Crippen molar-refractivity contribution in [3.8, 4) is 6.07 Å². The molecule has 0 amide bonds. The summed E-state index contributed by atoms with van der Waals surface area (Å²) in [5.41, 5.74) is 2.02. The van der Waals surface area contributed by atoms with E-state index in [9.17, 15) is 13.2 Å². The van der Waals surface area contributed by atoms with Gasteiger partial charge in [-0.15, -0.1) is 0 Å². The number of aromatic nitrogens is 3. The number of fused-ring (bicyclic) bond motifs is 1. The van der Waals surface area contributed by atoms with Crippen molar-refractivity contribution in [1.29, 1.82) is 5.26 Å². The number of nitriles is 1. The van der Waals surface area contributed by atoms with Gasteiger partial charge in [-0.1, -0.05) is 0 Å². The van der Waals surface area contributed by atoms with Gasteiger partial charge < -0.3 is 9.88 Å². The molecule has 0 atom stereocenters. The molecule has 0 unspecified atom stereocenters. The number of nitrogens with zero attached hydrogens (tertiary/aromatic N) is 5. The summed E-state index contributed by atoms with van der Waals surface area (Å²) in [7, 11) is 0. The lowest BCUT2D eigenvalue weighted by molar-refractivity contribution is -0.141. The molecular formula is C22H23F3N6. The second-order valence-corrected chi connectivity index (χ2v) is 7.71. The molecule has 1 N–H and O–H groups in total. The van der Waals surface area contributed by atoms with Gasteiger partial charge in [-0.2, -0.15) is 18.4 Å². The van der Waals surface area contributed by atoms with Crippen LogP contribution in [0.15, 0.2) is 36.7 Å². The molecule has 0 spiro atoms. The highest BCUT2D eigenvalue weighted by Crippen LogP contribution is 2.28. The SMILES string of the molecule is N#Cc1ccc2[nH]cc(CCCCN3CCN(c4nccc(C(F)(F)F)n4)CC3)c2c1. The molecule has 0 radical (unpaired) electrons. The fourth-order valence-electron chi connectivity index (χ4n) is 3.94. The van der Waals surface area contributed by atoms with Crippen molar-refractivity contribution in [1.82, 2.24) is 19.9 Å². The zero-order chi connectivity index (χ0) is 21.8. The average Bonchev–Trinajstić information content (AvgIpc) is 3.19. The molecule has 0 saturated carbocycles. The van der Waals surface area contributed by atoms with Gasteiger partial charge in [0.05, 0.1) is 11.6 Å². The summed E-state index contributed by atoms with van der Waals surface area (Å²) in [5, 5.41) is 10.2. The molecule has 162 valence electrons. The van der Waals surface area contributed by atoms with Crippen LogP contribution in [0.5, 0.6) is 0 Å². The van der Waals surface area contributed by atoms with Gasteiger partial charge in [0.25, 0.3) is 0 Å². The first kappa shape index (κ1) is 21.1. The van der Waals surface area contributed by atoms with Gasteiger partial charge in [-0.3, -0.25) is 4.90 Å². The van der Waals surface area contributed by atoms with Crippen LogP contribution in [0.25, 0.3) is 10.9 Å². The molecular weight excluding hydrogens is 405 g/mol. The zero-order valence-corrected chi connectivity index (χ0v) is 17.0. The van der Waals surface area contributed by atoms with Crippen molar-refractivity contribution >= 4 is 16.9 Å². The number of anilines is 1. The first-order valence-corrected chi connectivity index (χ1v) is 10.3. The number of aromatic amines is 1. The first-order chi connectivity index (χ1) is 14.9. The Morgan fingerprint density at radius 2 is 1.90 bits per heavy atom. The van der Waals surface area contributed by atoms with E-state index in [0.717, 1.165) is 55.9 Å². The van der Waals surface area contributed by atoms with Crippen molar-refractivity contribution in [2.45, 2.75) is 25.4 Å². The van der Waals surface area contributed by atoms with Crippen LogP contribution in [0.2, 0.25) is 0 Å². The van der Waals surface area contributed by atoms with Crippen LogP contribution < -0.4 is 4.90 Å². The molecule has 1 aliphatic rings. The van der Waals surface area contributed by atoms with E-state index in [0.29, 0.717) is 18.7 Å². The predicted molar refractivity (Wildman–Crippen MR) is 112 cm³/mol. The monoisotopic (exact) mass is 428 g/mol. The van der Waals surface area contributed by atoms with Crippen molar-refractivity contribution in [2.75, 3.05) is 37.6 Å². The van der Waals surface area contributed by atoms with E-state index in [1.165, 1.54) is 11.8 Å². The number of halogens is 3. The van der Waals surface area contributed by atoms with Crippen LogP contribution in [-0.2, 0) is 12.6 Å². The molecule has 1 aromatic carbocycles. The molecule has 1 fully saturated rings. The lowest BCUT2D eigenvalue weighted by Gasteiger charge is -2.34. The van der Waals surface area contributed by atoms with Gasteiger partial charge in [0.15, 0.2) is 0 Å². The third-order valence-electron chi connectivity index (χ3n) is 5.66. The Morgan fingerprint density at radius 3 is 2.65 bits per heavy atom. The van der Waals surface area contributed by atoms with Crippen molar-refractivity contribution in [3.63, 3.8) is 0 Å². The number of aryl methyl sites for hydroxylation is 1. The summed E-state index contributed by atoms with van der Waals surface area (Å²) >= 11 is 0. The van der Waals surface area contributed by atoms with Gasteiger partial charge in [0, 0.05) is 49.5 Å². The molecule has 1 saturated heterocycles. The molecule has 4 rings (SSSR count). The number of rotatable bonds is 6. The summed E-state index contributed by atoms with van der Waals surface area (Å²) in [6.07, 6.45) is 1.72. The summed E-state index contributed by atoms with van der Waals surface area (Å²) in [6, 6.07) is 8.75. The fourth-order valence-corrected chi connectivity index (χ4v) is 3.94. The largest absolute Gasteiger partial charge is 0.433 e. The fraction of sp³-hybridized carbons (Fsp3) is 0.409. The van der Waals surface area contributed by atoms with Crippen LogP contribution in [0, 0.1) is 11.3 Å². The molecule has 31 heavy (non-hydrogen) atoms. The summed E-state index contributed by atoms with van der Waals surface area (Å²) in [4.78, 5) is 15.1. The maximum absolute atomic E-state index is 12.9. The normalized spacial score (nSPS) is 15.4. The Bertz CT molecular complexity index is 1080. The van der Waals surface area contributed by atoms with Gasteiger partial charge in [-0.25, -0.2) is 9.97 Å². The van der Waals surface area contributed by atoms with Gasteiger partial charge >= 0.3 is 6.18 Å². The average molecular weight is 428 g/mol. The van der Waals surface area contributed by atoms with Crippen LogP contribution in [0.3, 0.4) is 0 Å². The van der Waals surface area contributed by atoms with E-state index in [1.807, 2.05) is 29.3 Å². The molecule has 3 heterocycles. The highest BCUT2D eigenvalue weighted by Gasteiger charge is 2.33. The van der Waals surface area contributed by atoms with Gasteiger partial charge in [-0.05, 0) is 55.6 Å². The number of hydrogen-bond donors (Lipinski definition) is 1. The molecule has 0 aliphatic carbocycles. The molecule has 6 nitrogen and oxygen atoms in total. The highest BCUT2D eigenvalue weighted by molar-refractivity contribution is 5.84. The van der Waals surface area contributed by atoms with Crippen LogP contribution in [-0.4, -0.2) is 52.6 Å². The Balaban J connectivity index is 1.24. The van der Waals surface area contributed by atoms with Crippen LogP contribution >= 0.6 is 0 Å². The van der Waals surface area contributed by atoms with E-state index < -0.39 is 11.9 Å². The van der Waals surface area contributed by atoms with Gasteiger partial charge in [0.2, 0.25) is 5.95 Å². The number of hydrogen-bond acceptors (Lipinski definition) is 5. The minimum atomic E-state index is -4.46. The quantitative estimate of drug-likeness (QED) is 0.601. The summed E-state index contributed by atoms with van der Waals surface area (Å²) in [6.45, 7) is 3.72. The third kappa shape index (κ3) is 4.97. The van der Waals surface area contributed by atoms with E-state index in [-0.39, 0.29) is 5.95 Å². The smallest absolute Gasteiger partial charge is 0.361 e. The Kier molecular flexibility index (Phi) is 6.09. The molecule has 0 bridgehead atoms. The third-order valence-corrected chi connectivity index (χ3v) is 5.66. The molecule has 9 heteroatoms. The topological polar surface area (TPSA) is 71.8 Å². The first-order valence-electron chi connectivity index (χ1n) is 10.3. The van der Waals surface area contributed by atoms with Crippen LogP contribution in [0.4, 0.5) is 19.1 Å². The number of H-pyrrole nitrogens is 1. The zero-order valence-electron chi connectivity index (χ0n) is 17.0. The molecule has 3 aromatic rings. The minimum absolute atomic E-state index is 0.144. The van der Waals surface area contributed by atoms with Crippen molar-refractivity contribution in [3.05, 3.63) is 53.5 Å². The Hall–Kier alpha value is -3.12. The Labute approximate surface area is 178 Å². The number of piperazine rings is 1. The van der Waals surface area contributed by atoms with E-state index >= 15 is 0 Å². The lowest BCUT2D eigenvalue weighted by Crippen LogP contribution is -2.47. The van der Waals surface area contributed by atoms with E-state index in [4.69, 9.17) is 5.26 Å². The summed E-state index contributed by atoms with van der Waals surface area (Å²) in [5.74, 6) is 0.144. The van der Waals surface area contributed by atoms with Gasteiger partial charge in [0.1, 0.15) is 5.69 Å². The van der Waals surface area contributed by atoms with Crippen molar-refractivity contribution in [2.24, 2.45) is 0 Å². The number of unbranched alkanes of at least 4 members (excludes halogenated alkanes) is 1. The molecule has 1 aliphatic heterocycles. The summed E-state index contributed by atoms with van der Waals surface area (Å²) < 4.78 is 38.6. The van der Waals surface area contributed by atoms with Crippen molar-refractivity contribution < 1.29 is 13.2 Å². The molecule has 2 aromatic heterocycles. The number of nitrogens with one attached hydrogen (secondary N) is 1. The highest BCUT2D eigenvalue weighted by atomic mass is 19.4. The standard InChI is InChI=1S/C22H23F3N6/c23-22(24,25)20-6-7-27-21(29-20)31-11-9-30(10-12-31)8-2-1-3-17-15-28-19-5-4-16(14-26)13-18(17)19/h4-7,13,15,28H,1-3,8-12H2. The minimum Gasteiger partial charge on any atom is -0.361 e. The Morgan fingerprint density at radius 1 is 1.10 bits per heavy atom. The second kappa shape index (κ2) is 8.94. The van der Waals surface area contributed by atoms with E-state index in [2.05, 4.69) is 25.9 Å². The van der Waals surface area contributed by atoms with Crippen LogP contribution in [0.1, 0.15) is 29.7 Å².